The summed E-state index contributed by atoms with van der Waals surface area (Å²) in [6, 6.07) is 0. The Kier molecular flexibility index (Phi) is 3.68. The molecule has 1 aromatic heterocycles. The summed E-state index contributed by atoms with van der Waals surface area (Å²) in [7, 11) is 0. The standard InChI is InChI=1S/C7H7Br2N3O/c1-4(8)2-10-6-5(9)7(13)12-3-11-6/h3H,1-2H2,(H2,10,11,12,13). The zero-order valence-corrected chi connectivity index (χ0v) is 9.77. The number of nitrogens with zero attached hydrogens (tertiary/aromatic N) is 1. The molecule has 13 heavy (non-hydrogen) atoms. The second-order valence-corrected chi connectivity index (χ2v) is 4.18. The van der Waals surface area contributed by atoms with Gasteiger partial charge in [-0.05, 0) is 15.9 Å². The van der Waals surface area contributed by atoms with Crippen LogP contribution in [0, 0.1) is 0 Å². The van der Waals surface area contributed by atoms with Gasteiger partial charge >= 0.3 is 0 Å². The minimum Gasteiger partial charge on any atom is -0.364 e. The Morgan fingerprint density at radius 2 is 2.46 bits per heavy atom. The molecular formula is C7H7Br2N3O. The first-order valence-corrected chi connectivity index (χ1v) is 5.00. The summed E-state index contributed by atoms with van der Waals surface area (Å²) in [5, 5.41) is 2.93. The molecule has 0 aliphatic carbocycles. The van der Waals surface area contributed by atoms with Crippen LogP contribution >= 0.6 is 31.9 Å². The van der Waals surface area contributed by atoms with E-state index >= 15 is 0 Å². The normalized spacial score (nSPS) is 9.69. The maximum absolute atomic E-state index is 11.1. The van der Waals surface area contributed by atoms with Gasteiger partial charge in [0.15, 0.2) is 0 Å². The van der Waals surface area contributed by atoms with Gasteiger partial charge in [0.2, 0.25) is 0 Å². The number of hydrogen-bond donors (Lipinski definition) is 2. The average Bonchev–Trinajstić information content (AvgIpc) is 2.07. The summed E-state index contributed by atoms with van der Waals surface area (Å²) in [6.07, 6.45) is 1.34. The molecule has 0 radical (unpaired) electrons. The molecule has 0 aliphatic heterocycles. The summed E-state index contributed by atoms with van der Waals surface area (Å²) in [5.41, 5.74) is -0.210. The predicted molar refractivity (Wildman–Crippen MR) is 59.1 cm³/mol. The van der Waals surface area contributed by atoms with Crippen LogP contribution in [-0.4, -0.2) is 16.5 Å². The van der Waals surface area contributed by atoms with Gasteiger partial charge in [0, 0.05) is 11.0 Å². The van der Waals surface area contributed by atoms with Gasteiger partial charge in [-0.25, -0.2) is 4.98 Å². The Hall–Kier alpha value is -0.620. The van der Waals surface area contributed by atoms with Crippen LogP contribution < -0.4 is 10.9 Å². The number of rotatable bonds is 3. The molecule has 0 fully saturated rings. The monoisotopic (exact) mass is 307 g/mol. The zero-order valence-electron chi connectivity index (χ0n) is 6.60. The predicted octanol–water partition coefficient (Wildman–Crippen LogP) is 1.85. The van der Waals surface area contributed by atoms with Crippen molar-refractivity contribution in [3.63, 3.8) is 0 Å². The highest BCUT2D eigenvalue weighted by Gasteiger charge is 2.03. The molecule has 70 valence electrons. The minimum atomic E-state index is -0.210. The molecule has 6 heteroatoms. The summed E-state index contributed by atoms with van der Waals surface area (Å²) >= 11 is 6.31. The fourth-order valence-corrected chi connectivity index (χ4v) is 1.18. The zero-order chi connectivity index (χ0) is 9.84. The van der Waals surface area contributed by atoms with Gasteiger partial charge in [0.05, 0.1) is 6.33 Å². The van der Waals surface area contributed by atoms with Crippen LogP contribution in [0.4, 0.5) is 5.82 Å². The van der Waals surface area contributed by atoms with Gasteiger partial charge in [0.25, 0.3) is 5.56 Å². The Bertz CT molecular complexity index is 374. The molecule has 2 N–H and O–H groups in total. The van der Waals surface area contributed by atoms with E-state index in [2.05, 4.69) is 53.7 Å². The van der Waals surface area contributed by atoms with E-state index in [-0.39, 0.29) is 5.56 Å². The summed E-state index contributed by atoms with van der Waals surface area (Å²) in [4.78, 5) is 17.4. The molecule has 0 atom stereocenters. The van der Waals surface area contributed by atoms with Gasteiger partial charge in [-0.3, -0.25) is 4.79 Å². The number of aromatic amines is 1. The molecule has 0 spiro atoms. The molecule has 0 bridgehead atoms. The lowest BCUT2D eigenvalue weighted by Gasteiger charge is -2.04. The van der Waals surface area contributed by atoms with E-state index in [1.165, 1.54) is 6.33 Å². The quantitative estimate of drug-likeness (QED) is 0.896. The molecule has 1 aromatic rings. The van der Waals surface area contributed by atoms with Crippen LogP contribution in [0.25, 0.3) is 0 Å². The van der Waals surface area contributed by atoms with Crippen LogP contribution in [0.3, 0.4) is 0 Å². The summed E-state index contributed by atoms with van der Waals surface area (Å²) in [5.74, 6) is 0.504. The first kappa shape index (κ1) is 10.5. The Balaban J connectivity index is 2.83. The van der Waals surface area contributed by atoms with Gasteiger partial charge in [0.1, 0.15) is 10.3 Å². The first-order chi connectivity index (χ1) is 6.11. The molecule has 0 saturated carbocycles. The van der Waals surface area contributed by atoms with Crippen LogP contribution in [0.5, 0.6) is 0 Å². The van der Waals surface area contributed by atoms with Crippen molar-refractivity contribution in [2.45, 2.75) is 0 Å². The number of anilines is 1. The van der Waals surface area contributed by atoms with Crippen molar-refractivity contribution < 1.29 is 0 Å². The number of nitrogens with one attached hydrogen (secondary N) is 2. The van der Waals surface area contributed by atoms with Crippen LogP contribution in [0.2, 0.25) is 0 Å². The van der Waals surface area contributed by atoms with Crippen molar-refractivity contribution in [3.05, 3.63) is 32.2 Å². The number of hydrogen-bond acceptors (Lipinski definition) is 3. The second-order valence-electron chi connectivity index (χ2n) is 2.27. The van der Waals surface area contributed by atoms with E-state index in [1.807, 2.05) is 0 Å². The highest BCUT2D eigenvalue weighted by Crippen LogP contribution is 2.13. The van der Waals surface area contributed by atoms with Crippen molar-refractivity contribution in [3.8, 4) is 0 Å². The summed E-state index contributed by atoms with van der Waals surface area (Å²) < 4.78 is 1.19. The van der Waals surface area contributed by atoms with Crippen LogP contribution in [-0.2, 0) is 0 Å². The van der Waals surface area contributed by atoms with E-state index in [1.54, 1.807) is 0 Å². The third kappa shape index (κ3) is 2.96. The van der Waals surface area contributed by atoms with Crippen LogP contribution in [0.15, 0.2) is 26.7 Å². The van der Waals surface area contributed by atoms with E-state index in [9.17, 15) is 4.79 Å². The molecule has 0 saturated heterocycles. The number of H-pyrrole nitrogens is 1. The fourth-order valence-electron chi connectivity index (χ4n) is 0.686. The van der Waals surface area contributed by atoms with Gasteiger partial charge in [-0.2, -0.15) is 0 Å². The maximum Gasteiger partial charge on any atom is 0.267 e. The number of aromatic nitrogens is 2. The van der Waals surface area contributed by atoms with Crippen molar-refractivity contribution in [2.24, 2.45) is 0 Å². The average molecular weight is 309 g/mol. The topological polar surface area (TPSA) is 57.8 Å². The Morgan fingerprint density at radius 1 is 1.77 bits per heavy atom. The Labute approximate surface area is 91.7 Å². The third-order valence-electron chi connectivity index (χ3n) is 1.24. The van der Waals surface area contributed by atoms with E-state index in [4.69, 9.17) is 0 Å². The SMILES string of the molecule is C=C(Br)CNc1nc[nH]c(=O)c1Br. The molecule has 4 nitrogen and oxygen atoms in total. The Morgan fingerprint density at radius 3 is 3.08 bits per heavy atom. The lowest BCUT2D eigenvalue weighted by atomic mass is 10.5. The largest absolute Gasteiger partial charge is 0.364 e. The molecule has 0 aromatic carbocycles. The molecule has 0 unspecified atom stereocenters. The van der Waals surface area contributed by atoms with Gasteiger partial charge < -0.3 is 10.3 Å². The van der Waals surface area contributed by atoms with E-state index in [0.29, 0.717) is 16.8 Å². The molecular weight excluding hydrogens is 302 g/mol. The third-order valence-corrected chi connectivity index (χ3v) is 2.26. The van der Waals surface area contributed by atoms with Gasteiger partial charge in [-0.1, -0.05) is 22.5 Å². The smallest absolute Gasteiger partial charge is 0.267 e. The van der Waals surface area contributed by atoms with Crippen molar-refractivity contribution in [1.82, 2.24) is 9.97 Å². The van der Waals surface area contributed by atoms with Crippen molar-refractivity contribution in [2.75, 3.05) is 11.9 Å². The van der Waals surface area contributed by atoms with Crippen molar-refractivity contribution >= 4 is 37.7 Å². The van der Waals surface area contributed by atoms with Crippen LogP contribution in [0.1, 0.15) is 0 Å². The van der Waals surface area contributed by atoms with E-state index in [0.717, 1.165) is 4.48 Å². The minimum absolute atomic E-state index is 0.210. The lowest BCUT2D eigenvalue weighted by Crippen LogP contribution is -2.12. The molecule has 0 amide bonds. The lowest BCUT2D eigenvalue weighted by molar-refractivity contribution is 1.08. The first-order valence-electron chi connectivity index (χ1n) is 3.41. The molecule has 1 heterocycles. The highest BCUT2D eigenvalue weighted by molar-refractivity contribution is 9.11. The second kappa shape index (κ2) is 4.57. The maximum atomic E-state index is 11.1. The van der Waals surface area contributed by atoms with Gasteiger partial charge in [-0.15, -0.1) is 0 Å². The van der Waals surface area contributed by atoms with Crippen molar-refractivity contribution in [1.29, 1.82) is 0 Å². The molecule has 0 aliphatic rings. The fraction of sp³-hybridized carbons (Fsp3) is 0.143. The highest BCUT2D eigenvalue weighted by atomic mass is 79.9. The number of halogens is 2. The molecule has 1 rings (SSSR count). The summed E-state index contributed by atoms with van der Waals surface area (Å²) in [6.45, 7) is 4.17. The van der Waals surface area contributed by atoms with E-state index < -0.39 is 0 Å².